The van der Waals surface area contributed by atoms with Crippen LogP contribution in [0.5, 0.6) is 0 Å². The van der Waals surface area contributed by atoms with Crippen LogP contribution in [0.25, 0.3) is 0 Å². The van der Waals surface area contributed by atoms with E-state index in [0.717, 1.165) is 76.4 Å². The van der Waals surface area contributed by atoms with Gasteiger partial charge in [-0.15, -0.1) is 24.0 Å². The first-order valence-electron chi connectivity index (χ1n) is 9.54. The summed E-state index contributed by atoms with van der Waals surface area (Å²) in [6.45, 7) is 8.98. The highest BCUT2D eigenvalue weighted by Gasteiger charge is 2.28. The molecule has 1 aromatic rings. The summed E-state index contributed by atoms with van der Waals surface area (Å²) < 4.78 is 16.8. The molecular weight excluding hydrogens is 459 g/mol. The fourth-order valence-electron chi connectivity index (χ4n) is 3.85. The minimum Gasteiger partial charge on any atom is -0.465 e. The second kappa shape index (κ2) is 11.2. The average molecular weight is 492 g/mol. The van der Waals surface area contributed by atoms with E-state index in [1.54, 1.807) is 7.11 Å². The van der Waals surface area contributed by atoms with E-state index in [4.69, 9.17) is 13.9 Å². The first kappa shape index (κ1) is 22.4. The lowest BCUT2D eigenvalue weighted by Crippen LogP contribution is -2.47. The lowest BCUT2D eigenvalue weighted by molar-refractivity contribution is 0.0123. The second-order valence-electron chi connectivity index (χ2n) is 7.10. The minimum absolute atomic E-state index is 0. The molecule has 2 aliphatic heterocycles. The van der Waals surface area contributed by atoms with Crippen LogP contribution in [0.2, 0.25) is 0 Å². The maximum Gasteiger partial charge on any atom is 0.193 e. The number of nitrogens with zero attached hydrogens (tertiary/aromatic N) is 3. The number of furan rings is 1. The molecule has 3 rings (SSSR count). The molecule has 2 aliphatic rings. The van der Waals surface area contributed by atoms with Gasteiger partial charge in [-0.3, -0.25) is 9.89 Å². The molecule has 2 fully saturated rings. The van der Waals surface area contributed by atoms with E-state index in [1.807, 2.05) is 20.0 Å². The molecule has 2 saturated heterocycles. The van der Waals surface area contributed by atoms with Gasteiger partial charge in [0.2, 0.25) is 0 Å². The van der Waals surface area contributed by atoms with Crippen molar-refractivity contribution in [1.82, 2.24) is 15.1 Å². The molecule has 3 heterocycles. The Morgan fingerprint density at radius 1 is 1.33 bits per heavy atom. The van der Waals surface area contributed by atoms with E-state index < -0.39 is 0 Å². The predicted octanol–water partition coefficient (Wildman–Crippen LogP) is 2.12. The van der Waals surface area contributed by atoms with Crippen molar-refractivity contribution in [2.45, 2.75) is 19.4 Å². The number of morpholine rings is 1. The van der Waals surface area contributed by atoms with Crippen LogP contribution in [-0.4, -0.2) is 82.5 Å². The van der Waals surface area contributed by atoms with Crippen LogP contribution in [0.1, 0.15) is 24.0 Å². The van der Waals surface area contributed by atoms with Crippen LogP contribution in [0.4, 0.5) is 0 Å². The van der Waals surface area contributed by atoms with Gasteiger partial charge in [-0.2, -0.15) is 0 Å². The van der Waals surface area contributed by atoms with Crippen LogP contribution in [0, 0.1) is 12.8 Å². The summed E-state index contributed by atoms with van der Waals surface area (Å²) in [6, 6.07) is 4.30. The molecule has 0 saturated carbocycles. The van der Waals surface area contributed by atoms with E-state index in [0.29, 0.717) is 5.92 Å². The Bertz CT molecular complexity index is 589. The van der Waals surface area contributed by atoms with Crippen molar-refractivity contribution < 1.29 is 13.9 Å². The number of aryl methyl sites for hydroxylation is 1. The van der Waals surface area contributed by atoms with Crippen LogP contribution in [-0.2, 0) is 9.47 Å². The highest BCUT2D eigenvalue weighted by molar-refractivity contribution is 14.0. The first-order chi connectivity index (χ1) is 12.7. The molecule has 0 aromatic carbocycles. The number of nitrogens with one attached hydrogen (secondary N) is 1. The minimum atomic E-state index is 0. The molecule has 7 nitrogen and oxygen atoms in total. The smallest absolute Gasteiger partial charge is 0.193 e. The Balaban J connectivity index is 0.00000261. The number of aliphatic imine (C=N–C) groups is 1. The molecule has 0 radical (unpaired) electrons. The fraction of sp³-hybridized carbons (Fsp3) is 0.737. The molecule has 1 aromatic heterocycles. The summed E-state index contributed by atoms with van der Waals surface area (Å²) in [5, 5.41) is 3.57. The van der Waals surface area contributed by atoms with E-state index >= 15 is 0 Å². The van der Waals surface area contributed by atoms with Gasteiger partial charge in [0.15, 0.2) is 5.96 Å². The van der Waals surface area contributed by atoms with Crippen molar-refractivity contribution in [3.63, 3.8) is 0 Å². The highest BCUT2D eigenvalue weighted by Crippen LogP contribution is 2.24. The van der Waals surface area contributed by atoms with Crippen molar-refractivity contribution >= 4 is 29.9 Å². The number of likely N-dealkylation sites (tertiary alicyclic amines) is 1. The van der Waals surface area contributed by atoms with Gasteiger partial charge in [0, 0.05) is 52.8 Å². The van der Waals surface area contributed by atoms with Gasteiger partial charge < -0.3 is 24.1 Å². The zero-order chi connectivity index (χ0) is 18.4. The molecule has 27 heavy (non-hydrogen) atoms. The molecule has 0 bridgehead atoms. The lowest BCUT2D eigenvalue weighted by Gasteiger charge is -2.34. The van der Waals surface area contributed by atoms with E-state index in [-0.39, 0.29) is 30.0 Å². The lowest BCUT2D eigenvalue weighted by atomic mass is 10.1. The third kappa shape index (κ3) is 6.07. The van der Waals surface area contributed by atoms with Gasteiger partial charge in [0.25, 0.3) is 0 Å². The summed E-state index contributed by atoms with van der Waals surface area (Å²) in [5.41, 5.74) is 0. The van der Waals surface area contributed by atoms with Gasteiger partial charge in [-0.25, -0.2) is 0 Å². The van der Waals surface area contributed by atoms with Crippen LogP contribution < -0.4 is 5.32 Å². The summed E-state index contributed by atoms with van der Waals surface area (Å²) >= 11 is 0. The third-order valence-electron chi connectivity index (χ3n) is 5.23. The highest BCUT2D eigenvalue weighted by atomic mass is 127. The van der Waals surface area contributed by atoms with Crippen molar-refractivity contribution in [2.75, 3.05) is 66.7 Å². The van der Waals surface area contributed by atoms with E-state index in [2.05, 4.69) is 26.2 Å². The summed E-state index contributed by atoms with van der Waals surface area (Å²) in [6.07, 6.45) is 1.15. The van der Waals surface area contributed by atoms with Crippen molar-refractivity contribution in [1.29, 1.82) is 0 Å². The number of hydrogen-bond donors (Lipinski definition) is 1. The van der Waals surface area contributed by atoms with Gasteiger partial charge in [0.05, 0.1) is 25.9 Å². The molecule has 1 N–H and O–H groups in total. The van der Waals surface area contributed by atoms with Crippen LogP contribution in [0.3, 0.4) is 0 Å². The Labute approximate surface area is 179 Å². The second-order valence-corrected chi connectivity index (χ2v) is 7.10. The topological polar surface area (TPSA) is 62.5 Å². The van der Waals surface area contributed by atoms with Gasteiger partial charge in [0.1, 0.15) is 11.5 Å². The SMILES string of the molecule is CN=C(NCC(c1ccc(C)o1)N1CCOCC1)N1CCC(COC)C1.I. The van der Waals surface area contributed by atoms with Crippen LogP contribution >= 0.6 is 24.0 Å². The molecular formula is C19H33IN4O3. The number of guanidine groups is 1. The number of methoxy groups -OCH3 is 1. The maximum atomic E-state index is 5.95. The molecule has 0 spiro atoms. The van der Waals surface area contributed by atoms with E-state index in [1.165, 1.54) is 0 Å². The normalized spacial score (nSPS) is 22.6. The van der Waals surface area contributed by atoms with Gasteiger partial charge in [-0.1, -0.05) is 0 Å². The first-order valence-corrected chi connectivity index (χ1v) is 9.54. The number of hydrogen-bond acceptors (Lipinski definition) is 5. The molecule has 0 aliphatic carbocycles. The Morgan fingerprint density at radius 2 is 2.11 bits per heavy atom. The molecule has 8 heteroatoms. The monoisotopic (exact) mass is 492 g/mol. The molecule has 0 amide bonds. The average Bonchev–Trinajstić information content (AvgIpc) is 3.29. The van der Waals surface area contributed by atoms with Crippen molar-refractivity contribution in [3.8, 4) is 0 Å². The predicted molar refractivity (Wildman–Crippen MR) is 117 cm³/mol. The largest absolute Gasteiger partial charge is 0.465 e. The zero-order valence-electron chi connectivity index (χ0n) is 16.6. The molecule has 2 atom stereocenters. The maximum absolute atomic E-state index is 5.95. The van der Waals surface area contributed by atoms with Gasteiger partial charge >= 0.3 is 0 Å². The summed E-state index contributed by atoms with van der Waals surface area (Å²) in [7, 11) is 3.63. The number of ether oxygens (including phenoxy) is 2. The summed E-state index contributed by atoms with van der Waals surface area (Å²) in [5.74, 6) is 3.50. The molecule has 2 unspecified atom stereocenters. The Kier molecular flexibility index (Phi) is 9.34. The molecule has 154 valence electrons. The van der Waals surface area contributed by atoms with E-state index in [9.17, 15) is 0 Å². The fourth-order valence-corrected chi connectivity index (χ4v) is 3.85. The quantitative estimate of drug-likeness (QED) is 0.373. The number of rotatable bonds is 6. The Morgan fingerprint density at radius 3 is 2.74 bits per heavy atom. The van der Waals surface area contributed by atoms with Crippen molar-refractivity contribution in [2.24, 2.45) is 10.9 Å². The third-order valence-corrected chi connectivity index (χ3v) is 5.23. The van der Waals surface area contributed by atoms with Crippen LogP contribution in [0.15, 0.2) is 21.5 Å². The van der Waals surface area contributed by atoms with Crippen molar-refractivity contribution in [3.05, 3.63) is 23.7 Å². The standard InChI is InChI=1S/C19H32N4O3.HI/c1-15-4-5-18(26-15)17(22-8-10-25-11-9-22)12-21-19(20-2)23-7-6-16(13-23)14-24-3;/h4-5,16-17H,6-14H2,1-3H3,(H,20,21);1H. The number of halogens is 1. The zero-order valence-corrected chi connectivity index (χ0v) is 19.0. The van der Waals surface area contributed by atoms with Gasteiger partial charge in [-0.05, 0) is 25.5 Å². The summed E-state index contributed by atoms with van der Waals surface area (Å²) in [4.78, 5) is 9.25. The Hall–Kier alpha value is -0.840.